The lowest BCUT2D eigenvalue weighted by atomic mass is 10.1. The van der Waals surface area contributed by atoms with E-state index in [-0.39, 0.29) is 0 Å². The lowest BCUT2D eigenvalue weighted by Gasteiger charge is -2.03. The Morgan fingerprint density at radius 2 is 1.42 bits per heavy atom. The first-order valence-corrected chi connectivity index (χ1v) is 10.7. The van der Waals surface area contributed by atoms with Gasteiger partial charge in [-0.1, -0.05) is 65.2 Å². The summed E-state index contributed by atoms with van der Waals surface area (Å²) in [6.45, 7) is 5.71. The summed E-state index contributed by atoms with van der Waals surface area (Å²) in [6.07, 6.45) is 18.4. The van der Waals surface area contributed by atoms with Crippen molar-refractivity contribution >= 4 is 10.1 Å². The number of halogens is 3. The third kappa shape index (κ3) is 12.4. The highest BCUT2D eigenvalue weighted by molar-refractivity contribution is 7.86. The predicted octanol–water partition coefficient (Wildman–Crippen LogP) is 5.98. The monoisotopic (exact) mass is 399 g/mol. The molecular weight excluding hydrogens is 367 g/mol. The van der Waals surface area contributed by atoms with Crippen LogP contribution in [0.2, 0.25) is 0 Å². The Bertz CT molecular complexity index is 568. The fraction of sp³-hybridized carbons (Fsp3) is 0.778. The number of nitrogens with zero attached hydrogens (tertiary/aromatic N) is 1. The maximum absolute atomic E-state index is 10.7. The lowest BCUT2D eigenvalue weighted by Crippen LogP contribution is -2.21. The van der Waals surface area contributed by atoms with Crippen LogP contribution >= 0.6 is 0 Å². The van der Waals surface area contributed by atoms with Crippen molar-refractivity contribution in [1.29, 1.82) is 0 Å². The molecule has 154 valence electrons. The van der Waals surface area contributed by atoms with Gasteiger partial charge in [0.1, 0.15) is 0 Å². The van der Waals surface area contributed by atoms with Crippen molar-refractivity contribution in [3.63, 3.8) is 0 Å². The Morgan fingerprint density at radius 1 is 0.962 bits per heavy atom. The summed E-state index contributed by atoms with van der Waals surface area (Å²) in [5, 5.41) is 0. The molecule has 0 atom stereocenters. The molecule has 26 heavy (non-hydrogen) atoms. The van der Waals surface area contributed by atoms with E-state index in [1.807, 2.05) is 0 Å². The van der Waals surface area contributed by atoms with Gasteiger partial charge in [-0.3, -0.25) is 4.55 Å². The maximum atomic E-state index is 10.7. The Labute approximate surface area is 155 Å². The number of hydrogen-bond donors (Lipinski definition) is 1. The fourth-order valence-electron chi connectivity index (χ4n) is 2.44. The van der Waals surface area contributed by atoms with Gasteiger partial charge < -0.3 is 4.57 Å². The molecule has 1 aromatic heterocycles. The zero-order valence-electron chi connectivity index (χ0n) is 15.8. The highest BCUT2D eigenvalue weighted by atomic mass is 32.2. The van der Waals surface area contributed by atoms with Gasteiger partial charge in [0, 0.05) is 18.9 Å². The average molecular weight is 400 g/mol. The lowest BCUT2D eigenvalue weighted by molar-refractivity contribution is -0.0510. The van der Waals surface area contributed by atoms with Gasteiger partial charge >= 0.3 is 15.6 Å². The van der Waals surface area contributed by atoms with Crippen molar-refractivity contribution in [2.24, 2.45) is 0 Å². The van der Waals surface area contributed by atoms with E-state index >= 15 is 0 Å². The van der Waals surface area contributed by atoms with Crippen LogP contribution < -0.4 is 0 Å². The van der Waals surface area contributed by atoms with Crippen molar-refractivity contribution in [3.05, 3.63) is 24.0 Å². The van der Waals surface area contributed by atoms with Crippen molar-refractivity contribution in [1.82, 2.24) is 4.57 Å². The molecule has 4 nitrogen and oxygen atoms in total. The molecule has 1 aromatic rings. The summed E-state index contributed by atoms with van der Waals surface area (Å²) in [5.41, 5.74) is -4.07. The highest BCUT2D eigenvalue weighted by Crippen LogP contribution is 2.20. The summed E-state index contributed by atoms with van der Waals surface area (Å²) >= 11 is 0. The normalized spacial score (nSPS) is 11.9. The molecule has 1 heterocycles. The molecule has 0 aromatic carbocycles. The van der Waals surface area contributed by atoms with E-state index < -0.39 is 15.6 Å². The molecule has 8 heteroatoms. The molecule has 0 aliphatic rings. The number of alkyl halides is 3. The van der Waals surface area contributed by atoms with Gasteiger partial charge in [0.2, 0.25) is 0 Å². The number of aromatic nitrogens is 1. The Balaban J connectivity index is 0.000000660. The molecule has 0 radical (unpaired) electrons. The van der Waals surface area contributed by atoms with Crippen LogP contribution in [-0.4, -0.2) is 23.0 Å². The van der Waals surface area contributed by atoms with Gasteiger partial charge in [-0.25, -0.2) is 0 Å². The van der Waals surface area contributed by atoms with Gasteiger partial charge in [0.25, 0.3) is 0 Å². The minimum Gasteiger partial charge on any atom is -0.354 e. The SMILES string of the molecule is CCCCCCCCCCCn1ccc(CC)c1.O=S(=O)(O)C(F)(F)F. The van der Waals surface area contributed by atoms with Crippen LogP contribution in [0.5, 0.6) is 0 Å². The van der Waals surface area contributed by atoms with Crippen molar-refractivity contribution < 1.29 is 26.1 Å². The van der Waals surface area contributed by atoms with Crippen LogP contribution in [0.4, 0.5) is 13.2 Å². The van der Waals surface area contributed by atoms with Crippen LogP contribution in [0, 0.1) is 0 Å². The van der Waals surface area contributed by atoms with Crippen molar-refractivity contribution in [2.75, 3.05) is 0 Å². The quantitative estimate of drug-likeness (QED) is 0.283. The van der Waals surface area contributed by atoms with E-state index in [9.17, 15) is 13.2 Å². The van der Waals surface area contributed by atoms with Crippen LogP contribution in [0.15, 0.2) is 18.5 Å². The molecule has 0 saturated carbocycles. The molecule has 0 amide bonds. The van der Waals surface area contributed by atoms with Crippen molar-refractivity contribution in [2.45, 2.75) is 90.1 Å². The standard InChI is InChI=1S/C17H31N.CHF3O3S/c1-3-5-6-7-8-9-10-11-12-14-18-15-13-17(4-2)16-18;2-1(3,4)8(5,6)7/h13,15-16H,3-12,14H2,1-2H3;(H,5,6,7). The summed E-state index contributed by atoms with van der Waals surface area (Å²) in [4.78, 5) is 0. The first-order valence-electron chi connectivity index (χ1n) is 9.30. The van der Waals surface area contributed by atoms with Crippen LogP contribution in [0.3, 0.4) is 0 Å². The third-order valence-corrected chi connectivity index (χ3v) is 4.62. The molecular formula is C18H32F3NO3S. The Kier molecular flexibility index (Phi) is 12.7. The molecule has 0 unspecified atom stereocenters. The largest absolute Gasteiger partial charge is 0.522 e. The Hall–Kier alpha value is -1.02. The van der Waals surface area contributed by atoms with Gasteiger partial charge in [-0.15, -0.1) is 0 Å². The summed E-state index contributed by atoms with van der Waals surface area (Å²) < 4.78 is 59.9. The molecule has 0 saturated heterocycles. The molecule has 1 rings (SSSR count). The second-order valence-electron chi connectivity index (χ2n) is 6.36. The van der Waals surface area contributed by atoms with E-state index in [4.69, 9.17) is 13.0 Å². The molecule has 0 aliphatic carbocycles. The first kappa shape index (κ1) is 25.0. The Morgan fingerprint density at radius 3 is 1.81 bits per heavy atom. The van der Waals surface area contributed by atoms with E-state index in [1.54, 1.807) is 0 Å². The van der Waals surface area contributed by atoms with E-state index in [1.165, 1.54) is 69.9 Å². The summed E-state index contributed by atoms with van der Waals surface area (Å²) in [7, 11) is -5.84. The van der Waals surface area contributed by atoms with Gasteiger partial charge in [-0.05, 0) is 24.5 Å². The molecule has 1 N–H and O–H groups in total. The van der Waals surface area contributed by atoms with Gasteiger partial charge in [0.05, 0.1) is 0 Å². The smallest absolute Gasteiger partial charge is 0.354 e. The van der Waals surface area contributed by atoms with Crippen LogP contribution in [0.25, 0.3) is 0 Å². The van der Waals surface area contributed by atoms with Gasteiger partial charge in [-0.2, -0.15) is 21.6 Å². The number of rotatable bonds is 11. The second kappa shape index (κ2) is 13.2. The minimum atomic E-state index is -5.84. The van der Waals surface area contributed by atoms with Crippen LogP contribution in [-0.2, 0) is 23.1 Å². The van der Waals surface area contributed by atoms with Crippen LogP contribution in [0.1, 0.15) is 77.2 Å². The zero-order valence-corrected chi connectivity index (χ0v) is 16.6. The van der Waals surface area contributed by atoms with Gasteiger partial charge in [0.15, 0.2) is 0 Å². The van der Waals surface area contributed by atoms with E-state index in [0.717, 1.165) is 6.42 Å². The number of aryl methyl sites for hydroxylation is 2. The van der Waals surface area contributed by atoms with E-state index in [0.29, 0.717) is 0 Å². The minimum absolute atomic E-state index is 1.16. The highest BCUT2D eigenvalue weighted by Gasteiger charge is 2.44. The summed E-state index contributed by atoms with van der Waals surface area (Å²) in [5.74, 6) is 0. The molecule has 0 aliphatic heterocycles. The molecule has 0 fully saturated rings. The third-order valence-electron chi connectivity index (χ3n) is 4.03. The number of unbranched alkanes of at least 4 members (excludes halogenated alkanes) is 8. The maximum Gasteiger partial charge on any atom is 0.522 e. The molecule has 0 bridgehead atoms. The topological polar surface area (TPSA) is 59.3 Å². The molecule has 0 spiro atoms. The van der Waals surface area contributed by atoms with E-state index in [2.05, 4.69) is 36.9 Å². The number of hydrogen-bond acceptors (Lipinski definition) is 2. The zero-order chi connectivity index (χ0) is 20.1. The summed E-state index contributed by atoms with van der Waals surface area (Å²) in [6, 6.07) is 2.24. The average Bonchev–Trinajstić information content (AvgIpc) is 3.00. The predicted molar refractivity (Wildman–Crippen MR) is 98.6 cm³/mol. The second-order valence-corrected chi connectivity index (χ2v) is 7.77. The first-order chi connectivity index (χ1) is 12.1. The fourth-order valence-corrected chi connectivity index (χ4v) is 2.44. The van der Waals surface area contributed by atoms with Crippen molar-refractivity contribution in [3.8, 4) is 0 Å².